The van der Waals surface area contributed by atoms with E-state index in [1.807, 2.05) is 44.2 Å². The van der Waals surface area contributed by atoms with E-state index < -0.39 is 11.6 Å². The average molecular weight is 492 g/mol. The number of carbonyl (C=O) groups excluding carboxylic acids is 1. The first kappa shape index (κ1) is 24.9. The van der Waals surface area contributed by atoms with Crippen LogP contribution in [0.25, 0.3) is 5.69 Å². The molecule has 1 aromatic heterocycles. The van der Waals surface area contributed by atoms with Crippen LogP contribution >= 0.6 is 0 Å². The van der Waals surface area contributed by atoms with E-state index in [1.54, 1.807) is 41.0 Å². The summed E-state index contributed by atoms with van der Waals surface area (Å²) in [5.41, 5.74) is 2.43. The summed E-state index contributed by atoms with van der Waals surface area (Å²) < 4.78 is 40.9. The molecular formula is C28H27F2N3O3. The number of halogens is 2. The van der Waals surface area contributed by atoms with Crippen molar-refractivity contribution in [1.82, 2.24) is 14.7 Å². The summed E-state index contributed by atoms with van der Waals surface area (Å²) >= 11 is 0. The van der Waals surface area contributed by atoms with Gasteiger partial charge >= 0.3 is 0 Å². The van der Waals surface area contributed by atoms with E-state index in [0.29, 0.717) is 34.8 Å². The highest BCUT2D eigenvalue weighted by Crippen LogP contribution is 2.33. The molecule has 0 aliphatic rings. The zero-order valence-electron chi connectivity index (χ0n) is 20.4. The molecule has 0 atom stereocenters. The van der Waals surface area contributed by atoms with Gasteiger partial charge in [-0.05, 0) is 55.8 Å². The number of aryl methyl sites for hydroxylation is 1. The predicted octanol–water partition coefficient (Wildman–Crippen LogP) is 6.31. The molecule has 3 aromatic carbocycles. The number of benzene rings is 3. The maximum absolute atomic E-state index is 14.5. The number of methoxy groups -OCH3 is 1. The van der Waals surface area contributed by atoms with Crippen LogP contribution in [-0.2, 0) is 6.54 Å². The zero-order valence-corrected chi connectivity index (χ0v) is 20.4. The molecule has 0 saturated carbocycles. The van der Waals surface area contributed by atoms with Crippen LogP contribution in [0.3, 0.4) is 0 Å². The van der Waals surface area contributed by atoms with E-state index in [1.165, 1.54) is 6.07 Å². The van der Waals surface area contributed by atoms with E-state index in [0.717, 1.165) is 18.6 Å². The summed E-state index contributed by atoms with van der Waals surface area (Å²) in [5, 5.41) is 4.63. The van der Waals surface area contributed by atoms with Crippen LogP contribution in [0.15, 0.2) is 72.8 Å². The van der Waals surface area contributed by atoms with Gasteiger partial charge in [0.05, 0.1) is 30.6 Å². The molecule has 0 bridgehead atoms. The molecule has 0 N–H and O–H groups in total. The van der Waals surface area contributed by atoms with Gasteiger partial charge in [0, 0.05) is 18.2 Å². The van der Waals surface area contributed by atoms with Gasteiger partial charge in [0.2, 0.25) is 5.88 Å². The smallest absolute Gasteiger partial charge is 0.254 e. The van der Waals surface area contributed by atoms with Crippen molar-refractivity contribution in [2.75, 3.05) is 13.7 Å². The number of ether oxygens (including phenoxy) is 2. The third-order valence-corrected chi connectivity index (χ3v) is 5.68. The summed E-state index contributed by atoms with van der Waals surface area (Å²) in [6, 6.07) is 19.4. The lowest BCUT2D eigenvalue weighted by Gasteiger charge is -2.23. The Morgan fingerprint density at radius 3 is 2.50 bits per heavy atom. The molecule has 1 amide bonds. The van der Waals surface area contributed by atoms with Crippen LogP contribution in [-0.4, -0.2) is 34.2 Å². The standard InChI is InChI=1S/C28H27F2N3O3/c1-4-15-32(27(34)20-9-8-12-23(16-20)35-3)18-24-19(2)31-33(22-10-6-5-7-11-22)28(24)36-26-14-13-21(29)17-25(26)30/h5-14,16-17H,4,15,18H2,1-3H3. The number of hydrogen-bond acceptors (Lipinski definition) is 4. The molecule has 4 aromatic rings. The molecule has 186 valence electrons. The maximum Gasteiger partial charge on any atom is 0.254 e. The van der Waals surface area contributed by atoms with Crippen LogP contribution in [0, 0.1) is 18.6 Å². The van der Waals surface area contributed by atoms with Crippen molar-refractivity contribution in [2.45, 2.75) is 26.8 Å². The lowest BCUT2D eigenvalue weighted by Crippen LogP contribution is -2.31. The number of rotatable bonds is 9. The fraction of sp³-hybridized carbons (Fsp3) is 0.214. The van der Waals surface area contributed by atoms with Gasteiger partial charge in [0.1, 0.15) is 11.6 Å². The van der Waals surface area contributed by atoms with E-state index in [-0.39, 0.29) is 24.1 Å². The second-order valence-corrected chi connectivity index (χ2v) is 8.25. The Bertz CT molecular complexity index is 1360. The Morgan fingerprint density at radius 1 is 1.03 bits per heavy atom. The fourth-order valence-corrected chi connectivity index (χ4v) is 3.88. The molecule has 0 unspecified atom stereocenters. The van der Waals surface area contributed by atoms with Gasteiger partial charge in [-0.15, -0.1) is 0 Å². The lowest BCUT2D eigenvalue weighted by molar-refractivity contribution is 0.0741. The lowest BCUT2D eigenvalue weighted by atomic mass is 10.1. The molecule has 0 saturated heterocycles. The number of aromatic nitrogens is 2. The van der Waals surface area contributed by atoms with Gasteiger partial charge in [0.25, 0.3) is 5.91 Å². The first-order valence-electron chi connectivity index (χ1n) is 11.6. The Morgan fingerprint density at radius 2 is 1.81 bits per heavy atom. The van der Waals surface area contributed by atoms with Gasteiger partial charge in [-0.2, -0.15) is 5.10 Å². The number of nitrogens with zero attached hydrogens (tertiary/aromatic N) is 3. The van der Waals surface area contributed by atoms with Gasteiger partial charge in [-0.3, -0.25) is 4.79 Å². The first-order chi connectivity index (χ1) is 17.4. The van der Waals surface area contributed by atoms with Gasteiger partial charge < -0.3 is 14.4 Å². The highest BCUT2D eigenvalue weighted by molar-refractivity contribution is 5.94. The molecule has 36 heavy (non-hydrogen) atoms. The monoisotopic (exact) mass is 491 g/mol. The Kier molecular flexibility index (Phi) is 7.63. The van der Waals surface area contributed by atoms with E-state index in [2.05, 4.69) is 5.10 Å². The molecule has 0 spiro atoms. The Hall–Kier alpha value is -4.20. The van der Waals surface area contributed by atoms with Gasteiger partial charge in [-0.25, -0.2) is 13.5 Å². The maximum atomic E-state index is 14.5. The second-order valence-electron chi connectivity index (χ2n) is 8.25. The predicted molar refractivity (Wildman–Crippen MR) is 133 cm³/mol. The number of carbonyl (C=O) groups is 1. The number of amides is 1. The van der Waals surface area contributed by atoms with E-state index >= 15 is 0 Å². The normalized spacial score (nSPS) is 10.8. The first-order valence-corrected chi connectivity index (χ1v) is 11.6. The molecule has 0 radical (unpaired) electrons. The minimum absolute atomic E-state index is 0.143. The average Bonchev–Trinajstić information content (AvgIpc) is 3.20. The van der Waals surface area contributed by atoms with Crippen LogP contribution < -0.4 is 9.47 Å². The highest BCUT2D eigenvalue weighted by atomic mass is 19.1. The quantitative estimate of drug-likeness (QED) is 0.275. The van der Waals surface area contributed by atoms with Crippen molar-refractivity contribution in [3.05, 3.63) is 101 Å². The summed E-state index contributed by atoms with van der Waals surface area (Å²) in [7, 11) is 1.55. The summed E-state index contributed by atoms with van der Waals surface area (Å²) in [4.78, 5) is 15.2. The fourth-order valence-electron chi connectivity index (χ4n) is 3.88. The number of para-hydroxylation sites is 1. The second kappa shape index (κ2) is 11.0. The van der Waals surface area contributed by atoms with Crippen molar-refractivity contribution < 1.29 is 23.0 Å². The van der Waals surface area contributed by atoms with Crippen LogP contribution in [0.4, 0.5) is 8.78 Å². The van der Waals surface area contributed by atoms with Crippen LogP contribution in [0.1, 0.15) is 35.0 Å². The van der Waals surface area contributed by atoms with Crippen molar-refractivity contribution >= 4 is 5.91 Å². The molecule has 0 fully saturated rings. The molecule has 1 heterocycles. The molecular weight excluding hydrogens is 464 g/mol. The highest BCUT2D eigenvalue weighted by Gasteiger charge is 2.25. The molecule has 0 aliphatic carbocycles. The summed E-state index contributed by atoms with van der Waals surface area (Å²) in [5.74, 6) is -1.02. The third kappa shape index (κ3) is 5.38. The van der Waals surface area contributed by atoms with Crippen molar-refractivity contribution in [3.8, 4) is 23.1 Å². The van der Waals surface area contributed by atoms with Crippen molar-refractivity contribution in [3.63, 3.8) is 0 Å². The molecule has 0 aliphatic heterocycles. The van der Waals surface area contributed by atoms with Crippen LogP contribution in [0.5, 0.6) is 17.4 Å². The van der Waals surface area contributed by atoms with E-state index in [4.69, 9.17) is 9.47 Å². The minimum atomic E-state index is -0.836. The summed E-state index contributed by atoms with van der Waals surface area (Å²) in [6.45, 7) is 4.46. The summed E-state index contributed by atoms with van der Waals surface area (Å²) in [6.07, 6.45) is 0.727. The van der Waals surface area contributed by atoms with Crippen LogP contribution in [0.2, 0.25) is 0 Å². The Balaban J connectivity index is 1.77. The van der Waals surface area contributed by atoms with Crippen molar-refractivity contribution in [1.29, 1.82) is 0 Å². The van der Waals surface area contributed by atoms with Crippen molar-refractivity contribution in [2.24, 2.45) is 0 Å². The number of hydrogen-bond donors (Lipinski definition) is 0. The van der Waals surface area contributed by atoms with Gasteiger partial charge in [-0.1, -0.05) is 31.2 Å². The van der Waals surface area contributed by atoms with E-state index in [9.17, 15) is 13.6 Å². The SMILES string of the molecule is CCCN(Cc1c(C)nn(-c2ccccc2)c1Oc1ccc(F)cc1F)C(=O)c1cccc(OC)c1. The zero-order chi connectivity index (χ0) is 25.7. The molecule has 8 heteroatoms. The molecule has 6 nitrogen and oxygen atoms in total. The Labute approximate surface area is 208 Å². The van der Waals surface area contributed by atoms with Gasteiger partial charge in [0.15, 0.2) is 11.6 Å². The largest absolute Gasteiger partial charge is 0.497 e. The minimum Gasteiger partial charge on any atom is -0.497 e. The topological polar surface area (TPSA) is 56.6 Å². The third-order valence-electron chi connectivity index (χ3n) is 5.68. The molecule has 4 rings (SSSR count).